The first-order valence-corrected chi connectivity index (χ1v) is 7.33. The number of aromatic nitrogens is 2. The third-order valence-corrected chi connectivity index (χ3v) is 3.66. The quantitative estimate of drug-likeness (QED) is 0.782. The van der Waals surface area contributed by atoms with Crippen molar-refractivity contribution in [1.29, 1.82) is 0 Å². The molecule has 2 N–H and O–H groups in total. The molecule has 1 heterocycles. The summed E-state index contributed by atoms with van der Waals surface area (Å²) < 4.78 is 11.1. The number of anilines is 1. The van der Waals surface area contributed by atoms with Gasteiger partial charge in [-0.1, -0.05) is 0 Å². The molecule has 0 saturated carbocycles. The lowest BCUT2D eigenvalue weighted by atomic mass is 10.4. The molecular formula is C11H18N4O2S. The Kier molecular flexibility index (Phi) is 5.70. The van der Waals surface area contributed by atoms with Crippen molar-refractivity contribution >= 4 is 22.5 Å². The lowest BCUT2D eigenvalue weighted by Gasteiger charge is -2.09. The molecule has 0 bridgehead atoms. The summed E-state index contributed by atoms with van der Waals surface area (Å²) in [6.07, 6.45) is 4.54. The zero-order valence-corrected chi connectivity index (χ0v) is 11.6. The van der Waals surface area contributed by atoms with Crippen LogP contribution >= 0.6 is 0 Å². The highest BCUT2D eigenvalue weighted by molar-refractivity contribution is 7.84. The lowest BCUT2D eigenvalue weighted by molar-refractivity contribution is 0.0949. The molecule has 0 aliphatic heterocycles. The number of hydrogen-bond acceptors (Lipinski definition) is 5. The third-order valence-electron chi connectivity index (χ3n) is 2.36. The van der Waals surface area contributed by atoms with Crippen LogP contribution in [-0.2, 0) is 10.8 Å². The van der Waals surface area contributed by atoms with E-state index >= 15 is 0 Å². The van der Waals surface area contributed by atoms with Gasteiger partial charge in [0.25, 0.3) is 5.91 Å². The van der Waals surface area contributed by atoms with Crippen LogP contribution in [0.15, 0.2) is 12.4 Å². The Bertz CT molecular complexity index is 422. The molecule has 18 heavy (non-hydrogen) atoms. The number of hydrogen-bond donors (Lipinski definition) is 2. The predicted octanol–water partition coefficient (Wildman–Crippen LogP) is 0.405. The SMILES string of the molecule is CCNc1cnc(C(=O)NCC(C)S(C)=O)cn1. The zero-order valence-electron chi connectivity index (χ0n) is 10.8. The van der Waals surface area contributed by atoms with Gasteiger partial charge in [0.1, 0.15) is 11.5 Å². The summed E-state index contributed by atoms with van der Waals surface area (Å²) in [6, 6.07) is 0. The molecule has 7 heteroatoms. The number of rotatable bonds is 6. The summed E-state index contributed by atoms with van der Waals surface area (Å²) in [7, 11) is -0.950. The fourth-order valence-corrected chi connectivity index (χ4v) is 1.48. The summed E-state index contributed by atoms with van der Waals surface area (Å²) in [4.78, 5) is 19.8. The Morgan fingerprint density at radius 3 is 2.67 bits per heavy atom. The van der Waals surface area contributed by atoms with E-state index in [4.69, 9.17) is 0 Å². The van der Waals surface area contributed by atoms with Crippen molar-refractivity contribution in [2.75, 3.05) is 24.7 Å². The van der Waals surface area contributed by atoms with Gasteiger partial charge >= 0.3 is 0 Å². The average molecular weight is 270 g/mol. The summed E-state index contributed by atoms with van der Waals surface area (Å²) >= 11 is 0. The highest BCUT2D eigenvalue weighted by atomic mass is 32.2. The van der Waals surface area contributed by atoms with E-state index in [2.05, 4.69) is 20.6 Å². The van der Waals surface area contributed by atoms with Crippen LogP contribution in [-0.4, -0.2) is 44.7 Å². The minimum absolute atomic E-state index is 0.0806. The smallest absolute Gasteiger partial charge is 0.271 e. The molecule has 0 aliphatic carbocycles. The second-order valence-corrected chi connectivity index (χ2v) is 5.64. The standard InChI is InChI=1S/C11H18N4O2S/c1-4-12-10-7-13-9(6-14-10)11(16)15-5-8(2)18(3)17/h6-8H,4-5H2,1-3H3,(H,12,14)(H,15,16). The van der Waals surface area contributed by atoms with E-state index in [0.717, 1.165) is 6.54 Å². The van der Waals surface area contributed by atoms with Crippen LogP contribution in [0.25, 0.3) is 0 Å². The van der Waals surface area contributed by atoms with Crippen LogP contribution < -0.4 is 10.6 Å². The maximum atomic E-state index is 11.7. The molecule has 100 valence electrons. The molecule has 0 fully saturated rings. The molecule has 6 nitrogen and oxygen atoms in total. The fraction of sp³-hybridized carbons (Fsp3) is 0.545. The molecule has 0 saturated heterocycles. The molecule has 1 aromatic rings. The van der Waals surface area contributed by atoms with Crippen molar-refractivity contribution in [1.82, 2.24) is 15.3 Å². The van der Waals surface area contributed by atoms with Crippen LogP contribution in [0, 0.1) is 0 Å². The first-order valence-electron chi connectivity index (χ1n) is 5.71. The van der Waals surface area contributed by atoms with Gasteiger partial charge in [0, 0.05) is 35.4 Å². The van der Waals surface area contributed by atoms with E-state index in [-0.39, 0.29) is 16.9 Å². The van der Waals surface area contributed by atoms with Crippen LogP contribution in [0.2, 0.25) is 0 Å². The second kappa shape index (κ2) is 7.05. The molecule has 2 unspecified atom stereocenters. The van der Waals surface area contributed by atoms with Crippen LogP contribution in [0.5, 0.6) is 0 Å². The van der Waals surface area contributed by atoms with E-state index in [1.807, 2.05) is 13.8 Å². The van der Waals surface area contributed by atoms with E-state index in [9.17, 15) is 9.00 Å². The summed E-state index contributed by atoms with van der Waals surface area (Å²) in [5, 5.41) is 5.59. The molecule has 0 radical (unpaired) electrons. The Morgan fingerprint density at radius 1 is 1.44 bits per heavy atom. The maximum Gasteiger partial charge on any atom is 0.271 e. The minimum atomic E-state index is -0.950. The Morgan fingerprint density at radius 2 is 2.17 bits per heavy atom. The van der Waals surface area contributed by atoms with Crippen LogP contribution in [0.4, 0.5) is 5.82 Å². The maximum absolute atomic E-state index is 11.7. The highest BCUT2D eigenvalue weighted by Gasteiger charge is 2.11. The van der Waals surface area contributed by atoms with Gasteiger partial charge in [0.05, 0.1) is 12.4 Å². The van der Waals surface area contributed by atoms with E-state index in [1.54, 1.807) is 6.26 Å². The van der Waals surface area contributed by atoms with Gasteiger partial charge in [-0.3, -0.25) is 9.00 Å². The zero-order chi connectivity index (χ0) is 13.5. The summed E-state index contributed by atoms with van der Waals surface area (Å²) in [6.45, 7) is 4.88. The minimum Gasteiger partial charge on any atom is -0.369 e. The molecule has 0 spiro atoms. The van der Waals surface area contributed by atoms with E-state index in [0.29, 0.717) is 12.4 Å². The Labute approximate surface area is 109 Å². The first kappa shape index (κ1) is 14.6. The number of carbonyl (C=O) groups is 1. The second-order valence-electron chi connectivity index (χ2n) is 3.84. The number of nitrogens with zero attached hydrogens (tertiary/aromatic N) is 2. The van der Waals surface area contributed by atoms with Gasteiger partial charge in [-0.15, -0.1) is 0 Å². The predicted molar refractivity (Wildman–Crippen MR) is 72.1 cm³/mol. The van der Waals surface area contributed by atoms with Gasteiger partial charge in [0.2, 0.25) is 0 Å². The van der Waals surface area contributed by atoms with Gasteiger partial charge < -0.3 is 10.6 Å². The average Bonchev–Trinajstić information content (AvgIpc) is 2.36. The highest BCUT2D eigenvalue weighted by Crippen LogP contribution is 2.00. The summed E-state index contributed by atoms with van der Waals surface area (Å²) in [5.41, 5.74) is 0.255. The first-order chi connectivity index (χ1) is 8.54. The van der Waals surface area contributed by atoms with Gasteiger partial charge in [0.15, 0.2) is 0 Å². The molecular weight excluding hydrogens is 252 g/mol. The van der Waals surface area contributed by atoms with Crippen molar-refractivity contribution in [2.24, 2.45) is 0 Å². The number of carbonyl (C=O) groups excluding carboxylic acids is 1. The van der Waals surface area contributed by atoms with E-state index in [1.165, 1.54) is 12.4 Å². The molecule has 0 aromatic carbocycles. The molecule has 0 aliphatic rings. The van der Waals surface area contributed by atoms with E-state index < -0.39 is 10.8 Å². The van der Waals surface area contributed by atoms with Crippen LogP contribution in [0.3, 0.4) is 0 Å². The molecule has 1 rings (SSSR count). The van der Waals surface area contributed by atoms with Gasteiger partial charge in [-0.2, -0.15) is 0 Å². The van der Waals surface area contributed by atoms with Crippen molar-refractivity contribution in [2.45, 2.75) is 19.1 Å². The van der Waals surface area contributed by atoms with Crippen LogP contribution in [0.1, 0.15) is 24.3 Å². The lowest BCUT2D eigenvalue weighted by Crippen LogP contribution is -2.33. The van der Waals surface area contributed by atoms with Gasteiger partial charge in [-0.05, 0) is 13.8 Å². The fourth-order valence-electron chi connectivity index (χ4n) is 1.16. The monoisotopic (exact) mass is 270 g/mol. The number of nitrogens with one attached hydrogen (secondary N) is 2. The van der Waals surface area contributed by atoms with Gasteiger partial charge in [-0.25, -0.2) is 9.97 Å². The Hall–Kier alpha value is -1.50. The van der Waals surface area contributed by atoms with Crippen molar-refractivity contribution in [3.8, 4) is 0 Å². The third kappa shape index (κ3) is 4.40. The summed E-state index contributed by atoms with van der Waals surface area (Å²) in [5.74, 6) is 0.333. The van der Waals surface area contributed by atoms with Crippen molar-refractivity contribution < 1.29 is 9.00 Å². The van der Waals surface area contributed by atoms with Crippen molar-refractivity contribution in [3.63, 3.8) is 0 Å². The normalized spacial score (nSPS) is 13.7. The Balaban J connectivity index is 2.54. The molecule has 2 atom stereocenters. The largest absolute Gasteiger partial charge is 0.369 e. The topological polar surface area (TPSA) is 84.0 Å². The van der Waals surface area contributed by atoms with Crippen molar-refractivity contribution in [3.05, 3.63) is 18.1 Å². The molecule has 1 aromatic heterocycles. The number of amides is 1. The molecule has 1 amide bonds.